The molecular weight excluding hydrogens is 124 g/mol. The minimum atomic E-state index is 0.919. The summed E-state index contributed by atoms with van der Waals surface area (Å²) in [5, 5.41) is 0. The average Bonchev–Trinajstić information content (AvgIpc) is 1.85. The molecule has 2 heteroatoms. The van der Waals surface area contributed by atoms with Gasteiger partial charge in [-0.1, -0.05) is 6.92 Å². The molecule has 0 aliphatic rings. The molecule has 0 atom stereocenters. The first kappa shape index (κ1) is 7.19. The van der Waals surface area contributed by atoms with Gasteiger partial charge >= 0.3 is 0 Å². The molecule has 0 aliphatic heterocycles. The molecule has 2 nitrogen and oxygen atoms in total. The third kappa shape index (κ3) is 1.53. The Morgan fingerprint density at radius 1 is 1.20 bits per heavy atom. The van der Waals surface area contributed by atoms with Crippen molar-refractivity contribution in [2.75, 3.05) is 0 Å². The number of hydrogen-bond acceptors (Lipinski definition) is 2. The average molecular weight is 136 g/mol. The van der Waals surface area contributed by atoms with Crippen LogP contribution in [-0.2, 0) is 6.42 Å². The van der Waals surface area contributed by atoms with E-state index in [1.807, 2.05) is 19.9 Å². The van der Waals surface area contributed by atoms with Crippen LogP contribution in [0.5, 0.6) is 0 Å². The van der Waals surface area contributed by atoms with Crippen LogP contribution in [0, 0.1) is 13.8 Å². The van der Waals surface area contributed by atoms with Crippen LogP contribution in [0.2, 0.25) is 0 Å². The Kier molecular flexibility index (Phi) is 2.00. The van der Waals surface area contributed by atoms with Crippen molar-refractivity contribution >= 4 is 0 Å². The molecule has 0 fully saturated rings. The second-order valence-corrected chi connectivity index (χ2v) is 2.42. The van der Waals surface area contributed by atoms with E-state index in [4.69, 9.17) is 0 Å². The van der Waals surface area contributed by atoms with Gasteiger partial charge in [0.25, 0.3) is 0 Å². The molecule has 0 aliphatic carbocycles. The maximum Gasteiger partial charge on any atom is 0.128 e. The Morgan fingerprint density at radius 2 is 1.70 bits per heavy atom. The van der Waals surface area contributed by atoms with E-state index >= 15 is 0 Å². The van der Waals surface area contributed by atoms with E-state index in [1.165, 1.54) is 0 Å². The van der Waals surface area contributed by atoms with Gasteiger partial charge in [0.2, 0.25) is 0 Å². The first-order valence-corrected chi connectivity index (χ1v) is 3.53. The smallest absolute Gasteiger partial charge is 0.128 e. The van der Waals surface area contributed by atoms with Crippen molar-refractivity contribution < 1.29 is 0 Å². The summed E-state index contributed by atoms with van der Waals surface area (Å²) in [6.07, 6.45) is 0.919. The highest BCUT2D eigenvalue weighted by Gasteiger charge is 1.94. The first-order chi connectivity index (χ1) is 4.72. The Hall–Kier alpha value is -0.920. The number of aryl methyl sites for hydroxylation is 3. The summed E-state index contributed by atoms with van der Waals surface area (Å²) in [6, 6.07) is 1.99. The van der Waals surface area contributed by atoms with Gasteiger partial charge in [-0.2, -0.15) is 0 Å². The minimum Gasteiger partial charge on any atom is -0.238 e. The largest absolute Gasteiger partial charge is 0.238 e. The Bertz CT molecular complexity index is 210. The van der Waals surface area contributed by atoms with Gasteiger partial charge in [-0.05, 0) is 19.9 Å². The van der Waals surface area contributed by atoms with Crippen LogP contribution in [0.1, 0.15) is 24.1 Å². The van der Waals surface area contributed by atoms with E-state index in [0.29, 0.717) is 0 Å². The number of rotatable bonds is 1. The van der Waals surface area contributed by atoms with Crippen LogP contribution in [0.4, 0.5) is 0 Å². The highest BCUT2D eigenvalue weighted by atomic mass is 14.9. The summed E-state index contributed by atoms with van der Waals surface area (Å²) in [5.41, 5.74) is 2.12. The van der Waals surface area contributed by atoms with E-state index in [2.05, 4.69) is 16.9 Å². The van der Waals surface area contributed by atoms with Gasteiger partial charge in [0.05, 0.1) is 0 Å². The first-order valence-electron chi connectivity index (χ1n) is 3.53. The zero-order valence-corrected chi connectivity index (χ0v) is 6.68. The zero-order valence-electron chi connectivity index (χ0n) is 6.68. The molecule has 0 amide bonds. The van der Waals surface area contributed by atoms with E-state index in [-0.39, 0.29) is 0 Å². The maximum atomic E-state index is 4.24. The van der Waals surface area contributed by atoms with Crippen molar-refractivity contribution in [2.45, 2.75) is 27.2 Å². The van der Waals surface area contributed by atoms with Gasteiger partial charge in [-0.3, -0.25) is 0 Å². The van der Waals surface area contributed by atoms with Crippen molar-refractivity contribution in [2.24, 2.45) is 0 Å². The van der Waals surface area contributed by atoms with Crippen molar-refractivity contribution in [3.63, 3.8) is 0 Å². The summed E-state index contributed by atoms with van der Waals surface area (Å²) in [7, 11) is 0. The molecule has 0 radical (unpaired) electrons. The third-order valence-electron chi connectivity index (χ3n) is 1.34. The molecule has 1 rings (SSSR count). The fourth-order valence-electron chi connectivity index (χ4n) is 0.957. The lowest BCUT2D eigenvalue weighted by Crippen LogP contribution is -1.96. The lowest BCUT2D eigenvalue weighted by molar-refractivity contribution is 0.896. The number of aromatic nitrogens is 2. The highest BCUT2D eigenvalue weighted by Crippen LogP contribution is 1.98. The standard InChI is InChI=1S/C8H12N2/c1-4-8-9-6(2)5-7(3)10-8/h5H,4H2,1-3H3. The molecule has 0 spiro atoms. The molecule has 0 saturated heterocycles. The summed E-state index contributed by atoms with van der Waals surface area (Å²) in [6.45, 7) is 6.05. The van der Waals surface area contributed by atoms with E-state index < -0.39 is 0 Å². The lowest BCUT2D eigenvalue weighted by atomic mass is 10.3. The van der Waals surface area contributed by atoms with Crippen molar-refractivity contribution in [3.8, 4) is 0 Å². The van der Waals surface area contributed by atoms with Crippen LogP contribution in [0.25, 0.3) is 0 Å². The second kappa shape index (κ2) is 2.78. The van der Waals surface area contributed by atoms with Gasteiger partial charge in [0, 0.05) is 17.8 Å². The molecular formula is C8H12N2. The Balaban J connectivity index is 3.06. The molecule has 0 aromatic carbocycles. The molecule has 0 saturated carbocycles. The molecule has 10 heavy (non-hydrogen) atoms. The van der Waals surface area contributed by atoms with Crippen LogP contribution >= 0.6 is 0 Å². The van der Waals surface area contributed by atoms with Crippen molar-refractivity contribution in [3.05, 3.63) is 23.3 Å². The fraction of sp³-hybridized carbons (Fsp3) is 0.500. The monoisotopic (exact) mass is 136 g/mol. The predicted octanol–water partition coefficient (Wildman–Crippen LogP) is 1.66. The van der Waals surface area contributed by atoms with Gasteiger partial charge in [-0.15, -0.1) is 0 Å². The van der Waals surface area contributed by atoms with Crippen LogP contribution < -0.4 is 0 Å². The van der Waals surface area contributed by atoms with Crippen LogP contribution in [0.3, 0.4) is 0 Å². The molecule has 1 aromatic rings. The van der Waals surface area contributed by atoms with E-state index in [9.17, 15) is 0 Å². The molecule has 54 valence electrons. The van der Waals surface area contributed by atoms with Gasteiger partial charge in [0.1, 0.15) is 5.82 Å². The topological polar surface area (TPSA) is 25.8 Å². The van der Waals surface area contributed by atoms with Gasteiger partial charge < -0.3 is 0 Å². The maximum absolute atomic E-state index is 4.24. The van der Waals surface area contributed by atoms with Crippen molar-refractivity contribution in [1.82, 2.24) is 9.97 Å². The molecule has 0 bridgehead atoms. The molecule has 1 aromatic heterocycles. The molecule has 1 heterocycles. The SMILES string of the molecule is CCc1nc(C)cc(C)n1. The summed E-state index contributed by atoms with van der Waals surface area (Å²) in [5.74, 6) is 0.942. The van der Waals surface area contributed by atoms with E-state index in [0.717, 1.165) is 23.6 Å². The summed E-state index contributed by atoms with van der Waals surface area (Å²) < 4.78 is 0. The quantitative estimate of drug-likeness (QED) is 0.586. The summed E-state index contributed by atoms with van der Waals surface area (Å²) in [4.78, 5) is 8.48. The highest BCUT2D eigenvalue weighted by molar-refractivity contribution is 5.07. The van der Waals surface area contributed by atoms with E-state index in [1.54, 1.807) is 0 Å². The van der Waals surface area contributed by atoms with Crippen LogP contribution in [0.15, 0.2) is 6.07 Å². The number of hydrogen-bond donors (Lipinski definition) is 0. The van der Waals surface area contributed by atoms with Gasteiger partial charge in [0.15, 0.2) is 0 Å². The van der Waals surface area contributed by atoms with Crippen LogP contribution in [-0.4, -0.2) is 9.97 Å². The molecule has 0 unspecified atom stereocenters. The summed E-state index contributed by atoms with van der Waals surface area (Å²) >= 11 is 0. The Morgan fingerprint density at radius 3 is 2.10 bits per heavy atom. The normalized spacial score (nSPS) is 9.90. The number of nitrogens with zero attached hydrogens (tertiary/aromatic N) is 2. The third-order valence-corrected chi connectivity index (χ3v) is 1.34. The predicted molar refractivity (Wildman–Crippen MR) is 40.9 cm³/mol. The van der Waals surface area contributed by atoms with Gasteiger partial charge in [-0.25, -0.2) is 9.97 Å². The molecule has 0 N–H and O–H groups in total. The zero-order chi connectivity index (χ0) is 7.56. The van der Waals surface area contributed by atoms with Crippen molar-refractivity contribution in [1.29, 1.82) is 0 Å². The second-order valence-electron chi connectivity index (χ2n) is 2.42. The fourth-order valence-corrected chi connectivity index (χ4v) is 0.957. The lowest BCUT2D eigenvalue weighted by Gasteiger charge is -1.98. The minimum absolute atomic E-state index is 0.919. The Labute approximate surface area is 61.3 Å².